The molecule has 0 aromatic heterocycles. The quantitative estimate of drug-likeness (QED) is 0.769. The van der Waals surface area contributed by atoms with Gasteiger partial charge in [0, 0.05) is 20.4 Å². The fourth-order valence-electron chi connectivity index (χ4n) is 1.77. The minimum atomic E-state index is -0.550. The topological polar surface area (TPSA) is 20.2 Å². The summed E-state index contributed by atoms with van der Waals surface area (Å²) in [5.41, 5.74) is 1.89. The summed E-state index contributed by atoms with van der Waals surface area (Å²) in [5, 5.41) is 10.9. The zero-order valence-electron chi connectivity index (χ0n) is 9.41. The van der Waals surface area contributed by atoms with Crippen molar-refractivity contribution in [2.45, 2.75) is 12.5 Å². The first-order valence-electron chi connectivity index (χ1n) is 5.44. The molecule has 1 unspecified atom stereocenters. The Hall–Kier alpha value is -0.350. The van der Waals surface area contributed by atoms with Crippen LogP contribution >= 0.6 is 43.5 Å². The molecule has 0 aliphatic rings. The van der Waals surface area contributed by atoms with Gasteiger partial charge >= 0.3 is 0 Å². The molecule has 2 aromatic rings. The van der Waals surface area contributed by atoms with E-state index in [2.05, 4.69) is 31.9 Å². The van der Waals surface area contributed by atoms with Gasteiger partial charge in [-0.05, 0) is 35.4 Å². The van der Waals surface area contributed by atoms with Gasteiger partial charge in [-0.15, -0.1) is 0 Å². The van der Waals surface area contributed by atoms with Crippen LogP contribution in [0.3, 0.4) is 0 Å². The molecular weight excluding hydrogens is 379 g/mol. The maximum atomic E-state index is 10.2. The zero-order chi connectivity index (χ0) is 13.1. The highest BCUT2D eigenvalue weighted by atomic mass is 79.9. The lowest BCUT2D eigenvalue weighted by Crippen LogP contribution is -2.02. The Labute approximate surface area is 128 Å². The molecule has 0 spiro atoms. The minimum Gasteiger partial charge on any atom is -0.388 e. The fourth-order valence-corrected chi connectivity index (χ4v) is 3.29. The van der Waals surface area contributed by atoms with E-state index in [-0.39, 0.29) is 0 Å². The molecule has 2 aromatic carbocycles. The number of rotatable bonds is 3. The molecule has 0 aliphatic carbocycles. The summed E-state index contributed by atoms with van der Waals surface area (Å²) >= 11 is 12.8. The molecule has 0 heterocycles. The summed E-state index contributed by atoms with van der Waals surface area (Å²) in [4.78, 5) is 0. The highest BCUT2D eigenvalue weighted by molar-refractivity contribution is 9.11. The lowest BCUT2D eigenvalue weighted by atomic mass is 10.0. The molecule has 0 aliphatic heterocycles. The number of halogens is 3. The average molecular weight is 391 g/mol. The monoisotopic (exact) mass is 388 g/mol. The van der Waals surface area contributed by atoms with Gasteiger partial charge < -0.3 is 5.11 Å². The smallest absolute Gasteiger partial charge is 0.0841 e. The van der Waals surface area contributed by atoms with Crippen LogP contribution in [0, 0.1) is 0 Å². The molecule has 1 N–H and O–H groups in total. The van der Waals surface area contributed by atoms with E-state index in [1.54, 1.807) is 0 Å². The van der Waals surface area contributed by atoms with Gasteiger partial charge in [0.15, 0.2) is 0 Å². The normalized spacial score (nSPS) is 12.4. The van der Waals surface area contributed by atoms with Gasteiger partial charge in [-0.3, -0.25) is 0 Å². The van der Waals surface area contributed by atoms with Crippen molar-refractivity contribution in [1.29, 1.82) is 0 Å². The van der Waals surface area contributed by atoms with Crippen LogP contribution in [0.2, 0.25) is 5.02 Å². The van der Waals surface area contributed by atoms with Crippen LogP contribution in [0.1, 0.15) is 17.2 Å². The van der Waals surface area contributed by atoms with Crippen molar-refractivity contribution in [3.63, 3.8) is 0 Å². The van der Waals surface area contributed by atoms with Gasteiger partial charge in [0.25, 0.3) is 0 Å². The molecule has 94 valence electrons. The van der Waals surface area contributed by atoms with Crippen LogP contribution in [0.5, 0.6) is 0 Å². The summed E-state index contributed by atoms with van der Waals surface area (Å²) < 4.78 is 1.87. The maximum absolute atomic E-state index is 10.2. The standard InChI is InChI=1S/C14H11Br2ClO/c15-10-4-5-12(13(16)8-10)14(18)7-9-2-1-3-11(17)6-9/h1-6,8,14,18H,7H2. The zero-order valence-corrected chi connectivity index (χ0v) is 13.3. The predicted octanol–water partition coefficient (Wildman–Crippen LogP) is 5.14. The van der Waals surface area contributed by atoms with Gasteiger partial charge in [0.05, 0.1) is 6.10 Å². The van der Waals surface area contributed by atoms with Crippen LogP contribution < -0.4 is 0 Å². The van der Waals surface area contributed by atoms with Crippen LogP contribution in [0.15, 0.2) is 51.4 Å². The van der Waals surface area contributed by atoms with Gasteiger partial charge in [0.2, 0.25) is 0 Å². The highest BCUT2D eigenvalue weighted by Crippen LogP contribution is 2.29. The summed E-state index contributed by atoms with van der Waals surface area (Å²) in [7, 11) is 0. The number of benzene rings is 2. The van der Waals surface area contributed by atoms with E-state index in [1.165, 1.54) is 0 Å². The molecule has 0 amide bonds. The first-order valence-corrected chi connectivity index (χ1v) is 7.40. The predicted molar refractivity (Wildman–Crippen MR) is 82.0 cm³/mol. The minimum absolute atomic E-state index is 0.542. The van der Waals surface area contributed by atoms with Crippen LogP contribution in [-0.4, -0.2) is 5.11 Å². The largest absolute Gasteiger partial charge is 0.388 e. The van der Waals surface area contributed by atoms with E-state index in [4.69, 9.17) is 11.6 Å². The third-order valence-corrected chi connectivity index (χ3v) is 4.05. The van der Waals surface area contributed by atoms with Crippen molar-refractivity contribution in [2.75, 3.05) is 0 Å². The van der Waals surface area contributed by atoms with Crippen molar-refractivity contribution in [3.05, 3.63) is 67.6 Å². The van der Waals surface area contributed by atoms with E-state index in [9.17, 15) is 5.11 Å². The molecule has 0 bridgehead atoms. The molecule has 4 heteroatoms. The third-order valence-electron chi connectivity index (χ3n) is 2.64. The Kier molecular flexibility index (Phi) is 4.84. The molecular formula is C14H11Br2ClO. The molecule has 1 nitrogen and oxygen atoms in total. The second-order valence-electron chi connectivity index (χ2n) is 4.02. The van der Waals surface area contributed by atoms with Crippen LogP contribution in [0.25, 0.3) is 0 Å². The Morgan fingerprint density at radius 2 is 1.89 bits per heavy atom. The van der Waals surface area contributed by atoms with Crippen LogP contribution in [0.4, 0.5) is 0 Å². The van der Waals surface area contributed by atoms with E-state index >= 15 is 0 Å². The Bertz CT molecular complexity index is 557. The van der Waals surface area contributed by atoms with E-state index in [0.29, 0.717) is 11.4 Å². The van der Waals surface area contributed by atoms with E-state index in [0.717, 1.165) is 20.1 Å². The van der Waals surface area contributed by atoms with E-state index < -0.39 is 6.10 Å². The molecule has 2 rings (SSSR count). The van der Waals surface area contributed by atoms with E-state index in [1.807, 2.05) is 42.5 Å². The molecule has 18 heavy (non-hydrogen) atoms. The van der Waals surface area contributed by atoms with Crippen molar-refractivity contribution in [1.82, 2.24) is 0 Å². The maximum Gasteiger partial charge on any atom is 0.0841 e. The highest BCUT2D eigenvalue weighted by Gasteiger charge is 2.12. The average Bonchev–Trinajstić information content (AvgIpc) is 2.28. The van der Waals surface area contributed by atoms with Gasteiger partial charge in [-0.25, -0.2) is 0 Å². The van der Waals surface area contributed by atoms with Gasteiger partial charge in [-0.2, -0.15) is 0 Å². The van der Waals surface area contributed by atoms with Crippen molar-refractivity contribution < 1.29 is 5.11 Å². The molecule has 0 radical (unpaired) electrons. The number of aliphatic hydroxyl groups excluding tert-OH is 1. The molecule has 0 saturated heterocycles. The molecule has 0 saturated carbocycles. The summed E-state index contributed by atoms with van der Waals surface area (Å²) in [6.45, 7) is 0. The molecule has 1 atom stereocenters. The van der Waals surface area contributed by atoms with Gasteiger partial charge in [-0.1, -0.05) is 61.7 Å². The lowest BCUT2D eigenvalue weighted by molar-refractivity contribution is 0.177. The number of aliphatic hydroxyl groups is 1. The van der Waals surface area contributed by atoms with Crippen LogP contribution in [-0.2, 0) is 6.42 Å². The Morgan fingerprint density at radius 3 is 2.56 bits per heavy atom. The summed E-state index contributed by atoms with van der Waals surface area (Å²) in [6, 6.07) is 13.3. The third kappa shape index (κ3) is 3.58. The summed E-state index contributed by atoms with van der Waals surface area (Å²) in [6.07, 6.45) is -0.00760. The number of hydrogen-bond donors (Lipinski definition) is 1. The van der Waals surface area contributed by atoms with Crippen molar-refractivity contribution in [2.24, 2.45) is 0 Å². The lowest BCUT2D eigenvalue weighted by Gasteiger charge is -2.13. The summed E-state index contributed by atoms with van der Waals surface area (Å²) in [5.74, 6) is 0. The second-order valence-corrected chi connectivity index (χ2v) is 6.22. The van der Waals surface area contributed by atoms with Gasteiger partial charge in [0.1, 0.15) is 0 Å². The molecule has 0 fully saturated rings. The number of hydrogen-bond acceptors (Lipinski definition) is 1. The SMILES string of the molecule is OC(Cc1cccc(Cl)c1)c1ccc(Br)cc1Br. The second kappa shape index (κ2) is 6.20. The Balaban J connectivity index is 2.19. The first-order chi connectivity index (χ1) is 8.56. The fraction of sp³-hybridized carbons (Fsp3) is 0.143. The van der Waals surface area contributed by atoms with Crippen molar-refractivity contribution in [3.8, 4) is 0 Å². The van der Waals surface area contributed by atoms with Crippen molar-refractivity contribution >= 4 is 43.5 Å². The Morgan fingerprint density at radius 1 is 1.11 bits per heavy atom. The first kappa shape index (κ1) is 14.1.